The molecule has 122 valence electrons. The number of methoxy groups -OCH3 is 1. The Hall–Kier alpha value is -1.15. The zero-order chi connectivity index (χ0) is 16.0. The highest BCUT2D eigenvalue weighted by molar-refractivity contribution is 7.87. The van der Waals surface area contributed by atoms with E-state index in [0.29, 0.717) is 25.3 Å². The van der Waals surface area contributed by atoms with E-state index < -0.39 is 21.1 Å². The SMILES string of the molecule is COc1ccc2c(c1)CCC(O)(S(=O)(=O)O)C2N1CCCC1. The molecule has 0 spiro atoms. The lowest BCUT2D eigenvalue weighted by Crippen LogP contribution is -2.53. The summed E-state index contributed by atoms with van der Waals surface area (Å²) in [4.78, 5) is -0.197. The summed E-state index contributed by atoms with van der Waals surface area (Å²) < 4.78 is 38.6. The van der Waals surface area contributed by atoms with Crippen LogP contribution in [0.5, 0.6) is 5.75 Å². The van der Waals surface area contributed by atoms with Gasteiger partial charge in [-0.15, -0.1) is 0 Å². The number of ether oxygens (including phenoxy) is 1. The molecule has 0 radical (unpaired) electrons. The van der Waals surface area contributed by atoms with E-state index in [2.05, 4.69) is 0 Å². The van der Waals surface area contributed by atoms with Crippen molar-refractivity contribution in [2.24, 2.45) is 0 Å². The van der Waals surface area contributed by atoms with E-state index in [1.807, 2.05) is 11.0 Å². The van der Waals surface area contributed by atoms with Crippen LogP contribution in [0.3, 0.4) is 0 Å². The van der Waals surface area contributed by atoms with Crippen molar-refractivity contribution < 1.29 is 22.8 Å². The van der Waals surface area contributed by atoms with Crippen LogP contribution in [0, 0.1) is 0 Å². The molecule has 0 saturated carbocycles. The lowest BCUT2D eigenvalue weighted by molar-refractivity contribution is 0.00390. The van der Waals surface area contributed by atoms with Gasteiger partial charge in [-0.05, 0) is 62.0 Å². The quantitative estimate of drug-likeness (QED) is 0.815. The topological polar surface area (TPSA) is 87.1 Å². The molecule has 0 bridgehead atoms. The number of benzene rings is 1. The van der Waals surface area contributed by atoms with E-state index in [0.717, 1.165) is 24.0 Å². The first kappa shape index (κ1) is 15.7. The van der Waals surface area contributed by atoms with Crippen molar-refractivity contribution in [3.8, 4) is 5.75 Å². The zero-order valence-electron chi connectivity index (χ0n) is 12.5. The van der Waals surface area contributed by atoms with Gasteiger partial charge < -0.3 is 9.84 Å². The maximum atomic E-state index is 11.9. The van der Waals surface area contributed by atoms with Crippen molar-refractivity contribution in [3.05, 3.63) is 29.3 Å². The molecule has 1 aromatic rings. The van der Waals surface area contributed by atoms with E-state index in [1.165, 1.54) is 0 Å². The van der Waals surface area contributed by atoms with Crippen LogP contribution >= 0.6 is 0 Å². The van der Waals surface area contributed by atoms with Gasteiger partial charge in [0.25, 0.3) is 10.1 Å². The molecular weight excluding hydrogens is 306 g/mol. The average molecular weight is 327 g/mol. The smallest absolute Gasteiger partial charge is 0.296 e. The highest BCUT2D eigenvalue weighted by Gasteiger charge is 2.54. The molecule has 0 aromatic heterocycles. The highest BCUT2D eigenvalue weighted by atomic mass is 32.2. The van der Waals surface area contributed by atoms with Gasteiger partial charge in [0.1, 0.15) is 5.75 Å². The molecule has 3 rings (SSSR count). The predicted molar refractivity (Wildman–Crippen MR) is 81.4 cm³/mol. The molecule has 1 fully saturated rings. The number of aryl methyl sites for hydroxylation is 1. The predicted octanol–water partition coefficient (Wildman–Crippen LogP) is 1.35. The van der Waals surface area contributed by atoms with Gasteiger partial charge in [-0.3, -0.25) is 9.45 Å². The monoisotopic (exact) mass is 327 g/mol. The Morgan fingerprint density at radius 1 is 1.32 bits per heavy atom. The number of hydrogen-bond acceptors (Lipinski definition) is 5. The first-order chi connectivity index (χ1) is 10.4. The maximum Gasteiger partial charge on any atom is 0.296 e. The van der Waals surface area contributed by atoms with E-state index in [9.17, 15) is 18.1 Å². The van der Waals surface area contributed by atoms with E-state index >= 15 is 0 Å². The Bertz CT molecular complexity index is 669. The standard InChI is InChI=1S/C15H21NO5S/c1-21-12-4-5-13-11(10-12)6-7-15(17,22(18,19)20)14(13)16-8-2-3-9-16/h4-5,10,14,17H,2-3,6-9H2,1H3,(H,18,19,20). The molecular formula is C15H21NO5S. The van der Waals surface area contributed by atoms with Gasteiger partial charge in [0, 0.05) is 0 Å². The molecule has 1 heterocycles. The summed E-state index contributed by atoms with van der Waals surface area (Å²) in [6.07, 6.45) is 2.29. The van der Waals surface area contributed by atoms with Crippen LogP contribution in [0.2, 0.25) is 0 Å². The second-order valence-electron chi connectivity index (χ2n) is 6.03. The molecule has 6 nitrogen and oxygen atoms in total. The third kappa shape index (κ3) is 2.42. The summed E-state index contributed by atoms with van der Waals surface area (Å²) in [5.41, 5.74) is 1.72. The van der Waals surface area contributed by atoms with Gasteiger partial charge >= 0.3 is 0 Å². The van der Waals surface area contributed by atoms with Crippen LogP contribution in [-0.2, 0) is 16.5 Å². The van der Waals surface area contributed by atoms with Crippen molar-refractivity contribution in [3.63, 3.8) is 0 Å². The molecule has 22 heavy (non-hydrogen) atoms. The Balaban J connectivity index is 2.12. The van der Waals surface area contributed by atoms with Crippen molar-refractivity contribution >= 4 is 10.1 Å². The minimum atomic E-state index is -4.59. The van der Waals surface area contributed by atoms with Crippen molar-refractivity contribution in [2.75, 3.05) is 20.2 Å². The van der Waals surface area contributed by atoms with Gasteiger partial charge in [-0.25, -0.2) is 0 Å². The minimum Gasteiger partial charge on any atom is -0.497 e. The number of nitrogens with zero attached hydrogens (tertiary/aromatic N) is 1. The van der Waals surface area contributed by atoms with E-state index in [4.69, 9.17) is 4.74 Å². The Morgan fingerprint density at radius 3 is 2.59 bits per heavy atom. The average Bonchev–Trinajstić information content (AvgIpc) is 2.99. The van der Waals surface area contributed by atoms with Gasteiger partial charge in [-0.1, -0.05) is 6.07 Å². The van der Waals surface area contributed by atoms with Crippen LogP contribution in [0.4, 0.5) is 0 Å². The van der Waals surface area contributed by atoms with Gasteiger partial charge in [0.15, 0.2) is 0 Å². The summed E-state index contributed by atoms with van der Waals surface area (Å²) in [5, 5.41) is 10.8. The van der Waals surface area contributed by atoms with Crippen LogP contribution in [0.15, 0.2) is 18.2 Å². The number of likely N-dealkylation sites (tertiary alicyclic amines) is 1. The molecule has 7 heteroatoms. The fourth-order valence-corrected chi connectivity index (χ4v) is 4.56. The van der Waals surface area contributed by atoms with Crippen molar-refractivity contribution in [2.45, 2.75) is 36.7 Å². The molecule has 2 aliphatic rings. The van der Waals surface area contributed by atoms with Gasteiger partial charge in [0.2, 0.25) is 4.93 Å². The number of rotatable bonds is 3. The maximum absolute atomic E-state index is 11.9. The molecule has 2 unspecified atom stereocenters. The summed E-state index contributed by atoms with van der Waals surface area (Å²) >= 11 is 0. The van der Waals surface area contributed by atoms with Crippen LogP contribution in [-0.4, -0.2) is 48.1 Å². The fraction of sp³-hybridized carbons (Fsp3) is 0.600. The van der Waals surface area contributed by atoms with Crippen LogP contribution in [0.1, 0.15) is 36.4 Å². The van der Waals surface area contributed by atoms with Gasteiger partial charge in [0.05, 0.1) is 13.2 Å². The summed E-state index contributed by atoms with van der Waals surface area (Å²) in [5.74, 6) is 0.705. The van der Waals surface area contributed by atoms with E-state index in [1.54, 1.807) is 19.2 Å². The fourth-order valence-electron chi connectivity index (χ4n) is 3.64. The molecule has 1 aromatic carbocycles. The molecule has 1 aliphatic carbocycles. The normalized spacial score (nSPS) is 29.3. The third-order valence-electron chi connectivity index (χ3n) is 4.78. The van der Waals surface area contributed by atoms with Crippen LogP contribution in [0.25, 0.3) is 0 Å². The van der Waals surface area contributed by atoms with Gasteiger partial charge in [-0.2, -0.15) is 8.42 Å². The molecule has 1 saturated heterocycles. The third-order valence-corrected chi connectivity index (χ3v) is 6.10. The first-order valence-corrected chi connectivity index (χ1v) is 8.91. The molecule has 1 aliphatic heterocycles. The Morgan fingerprint density at radius 2 is 2.00 bits per heavy atom. The largest absolute Gasteiger partial charge is 0.497 e. The lowest BCUT2D eigenvalue weighted by Gasteiger charge is -2.43. The van der Waals surface area contributed by atoms with Crippen LogP contribution < -0.4 is 4.74 Å². The zero-order valence-corrected chi connectivity index (χ0v) is 13.3. The summed E-state index contributed by atoms with van der Waals surface area (Å²) in [7, 11) is -3.01. The molecule has 0 amide bonds. The minimum absolute atomic E-state index is 0.0207. The lowest BCUT2D eigenvalue weighted by atomic mass is 9.84. The van der Waals surface area contributed by atoms with E-state index in [-0.39, 0.29) is 6.42 Å². The van der Waals surface area contributed by atoms with Crippen molar-refractivity contribution in [1.29, 1.82) is 0 Å². The second kappa shape index (κ2) is 5.49. The molecule has 2 atom stereocenters. The summed E-state index contributed by atoms with van der Waals surface area (Å²) in [6.45, 7) is 1.43. The summed E-state index contributed by atoms with van der Waals surface area (Å²) in [6, 6.07) is 4.70. The number of hydrogen-bond donors (Lipinski definition) is 2. The molecule has 2 N–H and O–H groups in total. The Labute approximate surface area is 130 Å². The van der Waals surface area contributed by atoms with Crippen molar-refractivity contribution in [1.82, 2.24) is 4.90 Å². The highest BCUT2D eigenvalue weighted by Crippen LogP contribution is 2.46. The number of fused-ring (bicyclic) bond motifs is 1. The Kier molecular flexibility index (Phi) is 3.92. The second-order valence-corrected chi connectivity index (χ2v) is 7.69. The first-order valence-electron chi connectivity index (χ1n) is 7.47. The number of aliphatic hydroxyl groups is 1.